The van der Waals surface area contributed by atoms with Gasteiger partial charge in [0, 0.05) is 24.6 Å². The standard InChI is InChI=1S/C12H14N4O2S/c13-11-15-12(16-19-11)18-9-3-1-2-8(6-9)10-7-14-4-5-17-10/h1-3,6,10,14H,4-5,7H2,(H2,13,15,16). The van der Waals surface area contributed by atoms with E-state index in [0.717, 1.165) is 36.8 Å². The van der Waals surface area contributed by atoms with Gasteiger partial charge < -0.3 is 20.5 Å². The van der Waals surface area contributed by atoms with Gasteiger partial charge in [0.05, 0.1) is 12.7 Å². The van der Waals surface area contributed by atoms with E-state index in [4.69, 9.17) is 15.2 Å². The molecule has 19 heavy (non-hydrogen) atoms. The van der Waals surface area contributed by atoms with Gasteiger partial charge in [0.1, 0.15) is 5.75 Å². The molecule has 1 atom stereocenters. The molecular weight excluding hydrogens is 264 g/mol. The minimum atomic E-state index is 0.0609. The van der Waals surface area contributed by atoms with E-state index in [1.54, 1.807) is 0 Å². The Balaban J connectivity index is 1.75. The first-order valence-electron chi connectivity index (χ1n) is 6.00. The van der Waals surface area contributed by atoms with E-state index in [1.165, 1.54) is 0 Å². The number of nitrogens with one attached hydrogen (secondary N) is 1. The Labute approximate surface area is 114 Å². The van der Waals surface area contributed by atoms with Crippen molar-refractivity contribution in [1.82, 2.24) is 14.7 Å². The minimum Gasteiger partial charge on any atom is -0.424 e. The first kappa shape index (κ1) is 12.3. The number of benzene rings is 1. The van der Waals surface area contributed by atoms with E-state index < -0.39 is 0 Å². The minimum absolute atomic E-state index is 0.0609. The average Bonchev–Trinajstić information content (AvgIpc) is 2.85. The molecule has 0 bridgehead atoms. The zero-order valence-corrected chi connectivity index (χ0v) is 11.0. The van der Waals surface area contributed by atoms with Crippen molar-refractivity contribution >= 4 is 16.7 Å². The average molecular weight is 278 g/mol. The highest BCUT2D eigenvalue weighted by atomic mass is 32.1. The van der Waals surface area contributed by atoms with E-state index >= 15 is 0 Å². The lowest BCUT2D eigenvalue weighted by Gasteiger charge is -2.24. The van der Waals surface area contributed by atoms with Crippen molar-refractivity contribution in [2.24, 2.45) is 0 Å². The van der Waals surface area contributed by atoms with Crippen LogP contribution < -0.4 is 15.8 Å². The number of rotatable bonds is 3. The smallest absolute Gasteiger partial charge is 0.335 e. The molecule has 0 amide bonds. The van der Waals surface area contributed by atoms with E-state index in [1.807, 2.05) is 24.3 Å². The zero-order valence-electron chi connectivity index (χ0n) is 10.2. The van der Waals surface area contributed by atoms with Crippen LogP contribution in [0.15, 0.2) is 24.3 Å². The molecule has 7 heteroatoms. The van der Waals surface area contributed by atoms with Gasteiger partial charge in [-0.1, -0.05) is 12.1 Å². The van der Waals surface area contributed by atoms with Gasteiger partial charge in [0.25, 0.3) is 0 Å². The fourth-order valence-corrected chi connectivity index (χ4v) is 2.29. The van der Waals surface area contributed by atoms with Crippen molar-refractivity contribution in [1.29, 1.82) is 0 Å². The SMILES string of the molecule is Nc1nc(Oc2cccc(C3CNCCO3)c2)ns1. The third-order valence-corrected chi connectivity index (χ3v) is 3.32. The lowest BCUT2D eigenvalue weighted by molar-refractivity contribution is 0.0276. The Morgan fingerprint density at radius 2 is 2.42 bits per heavy atom. The summed E-state index contributed by atoms with van der Waals surface area (Å²) in [7, 11) is 0. The highest BCUT2D eigenvalue weighted by Gasteiger charge is 2.16. The molecule has 0 saturated carbocycles. The number of hydrogen-bond donors (Lipinski definition) is 2. The lowest BCUT2D eigenvalue weighted by atomic mass is 10.1. The van der Waals surface area contributed by atoms with Crippen LogP contribution >= 0.6 is 11.5 Å². The van der Waals surface area contributed by atoms with Crippen LogP contribution in [-0.2, 0) is 4.74 Å². The van der Waals surface area contributed by atoms with Crippen LogP contribution in [0.3, 0.4) is 0 Å². The van der Waals surface area contributed by atoms with Crippen molar-refractivity contribution in [2.45, 2.75) is 6.10 Å². The number of ether oxygens (including phenoxy) is 2. The quantitative estimate of drug-likeness (QED) is 0.887. The molecule has 2 heterocycles. The fourth-order valence-electron chi connectivity index (χ4n) is 1.93. The molecule has 3 N–H and O–H groups in total. The van der Waals surface area contributed by atoms with Gasteiger partial charge >= 0.3 is 6.01 Å². The summed E-state index contributed by atoms with van der Waals surface area (Å²) >= 11 is 1.11. The van der Waals surface area contributed by atoms with Crippen molar-refractivity contribution in [3.8, 4) is 11.8 Å². The summed E-state index contributed by atoms with van der Waals surface area (Å²) in [6.45, 7) is 2.43. The Bertz CT molecular complexity index is 554. The molecule has 0 spiro atoms. The topological polar surface area (TPSA) is 82.3 Å². The summed E-state index contributed by atoms with van der Waals surface area (Å²) in [6, 6.07) is 8.03. The van der Waals surface area contributed by atoms with Crippen LogP contribution in [0, 0.1) is 0 Å². The molecule has 0 radical (unpaired) electrons. The van der Waals surface area contributed by atoms with Crippen LogP contribution in [0.5, 0.6) is 11.8 Å². The van der Waals surface area contributed by atoms with E-state index in [-0.39, 0.29) is 12.1 Å². The predicted octanol–water partition coefficient (Wildman–Crippen LogP) is 1.57. The Morgan fingerprint density at radius 3 is 3.16 bits per heavy atom. The van der Waals surface area contributed by atoms with Gasteiger partial charge in [0.15, 0.2) is 0 Å². The van der Waals surface area contributed by atoms with E-state index in [2.05, 4.69) is 14.7 Å². The maximum absolute atomic E-state index is 5.71. The molecular formula is C12H14N4O2S. The number of morpholine rings is 1. The molecule has 1 aromatic carbocycles. The second kappa shape index (κ2) is 5.52. The van der Waals surface area contributed by atoms with Crippen LogP contribution in [0.25, 0.3) is 0 Å². The summed E-state index contributed by atoms with van der Waals surface area (Å²) < 4.78 is 15.3. The Hall–Kier alpha value is -1.70. The highest BCUT2D eigenvalue weighted by Crippen LogP contribution is 2.26. The van der Waals surface area contributed by atoms with Crippen LogP contribution in [-0.4, -0.2) is 29.1 Å². The number of hydrogen-bond acceptors (Lipinski definition) is 7. The van der Waals surface area contributed by atoms with Crippen molar-refractivity contribution in [2.75, 3.05) is 25.4 Å². The number of nitrogens with two attached hydrogens (primary N) is 1. The fraction of sp³-hybridized carbons (Fsp3) is 0.333. The molecule has 1 aliphatic rings. The van der Waals surface area contributed by atoms with Gasteiger partial charge in [-0.3, -0.25) is 0 Å². The maximum Gasteiger partial charge on any atom is 0.335 e. The maximum atomic E-state index is 5.71. The summed E-state index contributed by atoms with van der Waals surface area (Å²) in [5.74, 6) is 0.685. The molecule has 6 nitrogen and oxygen atoms in total. The molecule has 1 aliphatic heterocycles. The largest absolute Gasteiger partial charge is 0.424 e. The Kier molecular flexibility index (Phi) is 3.58. The third-order valence-electron chi connectivity index (χ3n) is 2.79. The number of anilines is 1. The zero-order chi connectivity index (χ0) is 13.1. The second-order valence-electron chi connectivity index (χ2n) is 4.15. The molecule has 1 fully saturated rings. The van der Waals surface area contributed by atoms with Crippen molar-refractivity contribution in [3.05, 3.63) is 29.8 Å². The molecule has 0 aliphatic carbocycles. The van der Waals surface area contributed by atoms with Gasteiger partial charge in [0.2, 0.25) is 5.13 Å². The first-order valence-corrected chi connectivity index (χ1v) is 6.78. The highest BCUT2D eigenvalue weighted by molar-refractivity contribution is 7.09. The normalized spacial score (nSPS) is 19.3. The lowest BCUT2D eigenvalue weighted by Crippen LogP contribution is -2.33. The van der Waals surface area contributed by atoms with Gasteiger partial charge in [-0.25, -0.2) is 0 Å². The number of aromatic nitrogens is 2. The summed E-state index contributed by atoms with van der Waals surface area (Å²) in [5.41, 5.74) is 6.59. The van der Waals surface area contributed by atoms with Crippen molar-refractivity contribution < 1.29 is 9.47 Å². The van der Waals surface area contributed by atoms with Gasteiger partial charge in [-0.15, -0.1) is 4.37 Å². The number of nitrogen functional groups attached to an aromatic ring is 1. The van der Waals surface area contributed by atoms with Gasteiger partial charge in [-0.2, -0.15) is 4.98 Å². The monoisotopic (exact) mass is 278 g/mol. The molecule has 1 aromatic heterocycles. The summed E-state index contributed by atoms with van der Waals surface area (Å²) in [5, 5.41) is 3.69. The third kappa shape index (κ3) is 3.01. The first-order chi connectivity index (χ1) is 9.31. The molecule has 3 rings (SSSR count). The predicted molar refractivity (Wildman–Crippen MR) is 72.4 cm³/mol. The molecule has 1 unspecified atom stereocenters. The summed E-state index contributed by atoms with van der Waals surface area (Å²) in [4.78, 5) is 3.97. The molecule has 100 valence electrons. The van der Waals surface area contributed by atoms with Crippen LogP contribution in [0.1, 0.15) is 11.7 Å². The molecule has 1 saturated heterocycles. The van der Waals surface area contributed by atoms with E-state index in [0.29, 0.717) is 10.9 Å². The molecule has 2 aromatic rings. The number of nitrogens with zero attached hydrogens (tertiary/aromatic N) is 2. The Morgan fingerprint density at radius 1 is 1.47 bits per heavy atom. The van der Waals surface area contributed by atoms with E-state index in [9.17, 15) is 0 Å². The second-order valence-corrected chi connectivity index (χ2v) is 4.94. The summed E-state index contributed by atoms with van der Waals surface area (Å²) in [6.07, 6.45) is 0.0609. The van der Waals surface area contributed by atoms with Crippen LogP contribution in [0.4, 0.5) is 5.13 Å². The van der Waals surface area contributed by atoms with Crippen molar-refractivity contribution in [3.63, 3.8) is 0 Å². The van der Waals surface area contributed by atoms with Gasteiger partial charge in [-0.05, 0) is 17.7 Å². The van der Waals surface area contributed by atoms with Crippen LogP contribution in [0.2, 0.25) is 0 Å².